The summed E-state index contributed by atoms with van der Waals surface area (Å²) in [6.45, 7) is 0. The Kier molecular flexibility index (Phi) is 3.60. The van der Waals surface area contributed by atoms with Gasteiger partial charge in [0.2, 0.25) is 6.08 Å². The zero-order valence-corrected chi connectivity index (χ0v) is 10.8. The lowest BCUT2D eigenvalue weighted by molar-refractivity contribution is 0.391. The van der Waals surface area contributed by atoms with Crippen LogP contribution in [0.15, 0.2) is 17.1 Å². The third kappa shape index (κ3) is 2.09. The second kappa shape index (κ2) is 5.01. The number of halogens is 1. The number of carbonyl (C=O) groups excluding carboxylic acids is 1. The van der Waals surface area contributed by atoms with E-state index in [2.05, 4.69) is 4.99 Å². The van der Waals surface area contributed by atoms with Gasteiger partial charge in [0.05, 0.1) is 12.1 Å². The minimum atomic E-state index is -0.704. The van der Waals surface area contributed by atoms with Crippen molar-refractivity contribution in [3.8, 4) is 11.5 Å². The Labute approximate surface area is 110 Å². The lowest BCUT2D eigenvalue weighted by atomic mass is 9.88. The molecule has 2 rings (SSSR count). The molecule has 1 aromatic rings. The van der Waals surface area contributed by atoms with Crippen molar-refractivity contribution in [1.29, 1.82) is 0 Å². The van der Waals surface area contributed by atoms with Gasteiger partial charge in [-0.25, -0.2) is 4.79 Å². The van der Waals surface area contributed by atoms with Gasteiger partial charge in [-0.3, -0.25) is 0 Å². The third-order valence-corrected chi connectivity index (χ3v) is 3.75. The van der Waals surface area contributed by atoms with Crippen molar-refractivity contribution < 1.29 is 14.6 Å². The second-order valence-corrected chi connectivity index (χ2v) is 4.85. The maximum absolute atomic E-state index is 10.7. The molecule has 0 bridgehead atoms. The summed E-state index contributed by atoms with van der Waals surface area (Å²) in [6, 6.07) is 3.22. The number of hydrogen-bond acceptors (Lipinski definition) is 4. The largest absolute Gasteiger partial charge is 0.506 e. The minimum absolute atomic E-state index is 0.0293. The molecule has 0 atom stereocenters. The Morgan fingerprint density at radius 1 is 1.44 bits per heavy atom. The minimum Gasteiger partial charge on any atom is -0.506 e. The molecule has 1 aliphatic rings. The average molecular weight is 268 g/mol. The van der Waals surface area contributed by atoms with Crippen molar-refractivity contribution >= 4 is 17.7 Å². The van der Waals surface area contributed by atoms with E-state index in [9.17, 15) is 9.90 Å². The molecule has 1 aliphatic carbocycles. The number of phenolic OH excluding ortho intramolecular Hbond substituents is 1. The maximum Gasteiger partial charge on any atom is 0.235 e. The number of nitrogens with zero attached hydrogens (tertiary/aromatic N) is 1. The lowest BCUT2D eigenvalue weighted by Crippen LogP contribution is -2.19. The number of aromatic hydroxyl groups is 1. The number of benzene rings is 1. The number of hydrogen-bond donors (Lipinski definition) is 1. The Bertz CT molecular complexity index is 503. The molecule has 4 nitrogen and oxygen atoms in total. The van der Waals surface area contributed by atoms with Crippen LogP contribution in [0.2, 0.25) is 5.02 Å². The SMILES string of the molecule is COc1cc(Cl)c(O)c(C2(N=C=O)CCCC2)c1. The van der Waals surface area contributed by atoms with Crippen LogP contribution >= 0.6 is 11.6 Å². The molecule has 0 radical (unpaired) electrons. The molecule has 1 N–H and O–H groups in total. The molecule has 0 aromatic heterocycles. The van der Waals surface area contributed by atoms with E-state index in [0.29, 0.717) is 24.2 Å². The molecule has 5 heteroatoms. The van der Waals surface area contributed by atoms with Gasteiger partial charge in [-0.2, -0.15) is 4.99 Å². The van der Waals surface area contributed by atoms with E-state index in [1.54, 1.807) is 12.1 Å². The molecule has 0 saturated heterocycles. The highest BCUT2D eigenvalue weighted by atomic mass is 35.5. The standard InChI is InChI=1S/C13H14ClNO3/c1-18-9-6-10(12(17)11(14)7-9)13(15-8-16)4-2-3-5-13/h6-7,17H,2-5H2,1H3. The molecule has 1 saturated carbocycles. The van der Waals surface area contributed by atoms with Crippen molar-refractivity contribution in [2.24, 2.45) is 4.99 Å². The Morgan fingerprint density at radius 2 is 2.11 bits per heavy atom. The van der Waals surface area contributed by atoms with E-state index in [1.165, 1.54) is 13.2 Å². The predicted molar refractivity (Wildman–Crippen MR) is 67.9 cm³/mol. The topological polar surface area (TPSA) is 58.9 Å². The molecule has 0 amide bonds. The highest BCUT2D eigenvalue weighted by Gasteiger charge is 2.38. The fraction of sp³-hybridized carbons (Fsp3) is 0.462. The summed E-state index contributed by atoms with van der Waals surface area (Å²) in [7, 11) is 1.52. The lowest BCUT2D eigenvalue weighted by Gasteiger charge is -2.24. The number of isocyanates is 1. The van der Waals surface area contributed by atoms with E-state index < -0.39 is 5.54 Å². The van der Waals surface area contributed by atoms with E-state index in [1.807, 2.05) is 0 Å². The van der Waals surface area contributed by atoms with Crippen LogP contribution in [0.3, 0.4) is 0 Å². The van der Waals surface area contributed by atoms with Crippen LogP contribution in [-0.2, 0) is 10.3 Å². The molecule has 0 unspecified atom stereocenters. The number of rotatable bonds is 3. The summed E-state index contributed by atoms with van der Waals surface area (Å²) >= 11 is 5.97. The molecule has 0 spiro atoms. The highest BCUT2D eigenvalue weighted by Crippen LogP contribution is 2.48. The first-order chi connectivity index (χ1) is 8.63. The van der Waals surface area contributed by atoms with Crippen LogP contribution in [0.5, 0.6) is 11.5 Å². The van der Waals surface area contributed by atoms with Crippen molar-refractivity contribution in [3.05, 3.63) is 22.7 Å². The molecule has 0 heterocycles. The summed E-state index contributed by atoms with van der Waals surface area (Å²) in [6.07, 6.45) is 4.94. The Morgan fingerprint density at radius 3 is 2.67 bits per heavy atom. The molecule has 96 valence electrons. The first-order valence-electron chi connectivity index (χ1n) is 5.79. The van der Waals surface area contributed by atoms with Crippen molar-refractivity contribution in [2.75, 3.05) is 7.11 Å². The maximum atomic E-state index is 10.7. The molecular weight excluding hydrogens is 254 g/mol. The summed E-state index contributed by atoms with van der Waals surface area (Å²) in [5.41, 5.74) is -0.156. The van der Waals surface area contributed by atoms with Gasteiger partial charge in [-0.1, -0.05) is 24.4 Å². The first kappa shape index (κ1) is 12.9. The molecular formula is C13H14ClNO3. The van der Waals surface area contributed by atoms with Gasteiger partial charge in [0.1, 0.15) is 17.0 Å². The van der Waals surface area contributed by atoms with Crippen molar-refractivity contribution in [3.63, 3.8) is 0 Å². The van der Waals surface area contributed by atoms with Gasteiger partial charge in [0.25, 0.3) is 0 Å². The Hall–Kier alpha value is -1.51. The van der Waals surface area contributed by atoms with E-state index >= 15 is 0 Å². The monoisotopic (exact) mass is 267 g/mol. The van der Waals surface area contributed by atoms with Crippen LogP contribution in [-0.4, -0.2) is 18.3 Å². The summed E-state index contributed by atoms with van der Waals surface area (Å²) in [5, 5.41) is 10.3. The number of phenols is 1. The van der Waals surface area contributed by atoms with Crippen molar-refractivity contribution in [1.82, 2.24) is 0 Å². The van der Waals surface area contributed by atoms with Gasteiger partial charge < -0.3 is 9.84 Å². The summed E-state index contributed by atoms with van der Waals surface area (Å²) in [5.74, 6) is 0.513. The van der Waals surface area contributed by atoms with Crippen LogP contribution in [0, 0.1) is 0 Å². The normalized spacial score (nSPS) is 17.2. The third-order valence-electron chi connectivity index (χ3n) is 3.46. The van der Waals surface area contributed by atoms with E-state index in [4.69, 9.17) is 16.3 Å². The Balaban J connectivity index is 2.60. The quantitative estimate of drug-likeness (QED) is 0.676. The van der Waals surface area contributed by atoms with Gasteiger partial charge in [-0.15, -0.1) is 0 Å². The molecule has 1 aromatic carbocycles. The van der Waals surface area contributed by atoms with Gasteiger partial charge in [0.15, 0.2) is 0 Å². The zero-order valence-electron chi connectivity index (χ0n) is 10.1. The van der Waals surface area contributed by atoms with Crippen LogP contribution in [0.4, 0.5) is 0 Å². The van der Waals surface area contributed by atoms with Gasteiger partial charge >= 0.3 is 0 Å². The second-order valence-electron chi connectivity index (χ2n) is 4.45. The first-order valence-corrected chi connectivity index (χ1v) is 6.17. The predicted octanol–water partition coefficient (Wildman–Crippen LogP) is 3.16. The fourth-order valence-corrected chi connectivity index (χ4v) is 2.74. The summed E-state index contributed by atoms with van der Waals surface area (Å²) < 4.78 is 5.14. The smallest absolute Gasteiger partial charge is 0.235 e. The van der Waals surface area contributed by atoms with Gasteiger partial charge in [-0.05, 0) is 18.9 Å². The van der Waals surface area contributed by atoms with Crippen LogP contribution in [0.25, 0.3) is 0 Å². The highest BCUT2D eigenvalue weighted by molar-refractivity contribution is 6.32. The zero-order chi connectivity index (χ0) is 13.2. The fourth-order valence-electron chi connectivity index (χ4n) is 2.54. The summed E-state index contributed by atoms with van der Waals surface area (Å²) in [4.78, 5) is 14.6. The van der Waals surface area contributed by atoms with Crippen LogP contribution < -0.4 is 4.74 Å². The van der Waals surface area contributed by atoms with Crippen LogP contribution in [0.1, 0.15) is 31.2 Å². The molecule has 18 heavy (non-hydrogen) atoms. The molecule has 1 fully saturated rings. The number of methoxy groups -OCH3 is 1. The van der Waals surface area contributed by atoms with Gasteiger partial charge in [0, 0.05) is 11.6 Å². The number of ether oxygens (including phenoxy) is 1. The van der Waals surface area contributed by atoms with E-state index in [0.717, 1.165) is 12.8 Å². The van der Waals surface area contributed by atoms with E-state index in [-0.39, 0.29) is 10.8 Å². The van der Waals surface area contributed by atoms with Crippen molar-refractivity contribution in [2.45, 2.75) is 31.2 Å². The number of aliphatic imine (C=N–C) groups is 1. The average Bonchev–Trinajstić information content (AvgIpc) is 2.82. The molecule has 0 aliphatic heterocycles.